The number of anilines is 1. The lowest BCUT2D eigenvalue weighted by Crippen LogP contribution is -2.34. The van der Waals surface area contributed by atoms with Crippen molar-refractivity contribution in [2.24, 2.45) is 16.8 Å². The summed E-state index contributed by atoms with van der Waals surface area (Å²) >= 11 is 6.25. The molecule has 0 aliphatic rings. The highest BCUT2D eigenvalue weighted by Gasteiger charge is 2.19. The van der Waals surface area contributed by atoms with Gasteiger partial charge in [-0.25, -0.2) is 4.98 Å². The summed E-state index contributed by atoms with van der Waals surface area (Å²) in [6.07, 6.45) is 1.60. The second-order valence-electron chi connectivity index (χ2n) is 4.58. The molecule has 0 saturated carbocycles. The van der Waals surface area contributed by atoms with Gasteiger partial charge in [0.1, 0.15) is 5.82 Å². The zero-order valence-electron chi connectivity index (χ0n) is 11.1. The molecule has 3 N–H and O–H groups in total. The smallest absolute Gasteiger partial charge is 0.171 e. The highest BCUT2D eigenvalue weighted by molar-refractivity contribution is 6.36. The average molecular weight is 271 g/mol. The summed E-state index contributed by atoms with van der Waals surface area (Å²) < 4.78 is 0. The Labute approximate surface area is 112 Å². The van der Waals surface area contributed by atoms with Crippen LogP contribution in [0.5, 0.6) is 0 Å². The molecule has 0 amide bonds. The van der Waals surface area contributed by atoms with Gasteiger partial charge in [-0.1, -0.05) is 30.6 Å². The Balaban J connectivity index is 3.19. The van der Waals surface area contributed by atoms with E-state index >= 15 is 0 Å². The molecule has 1 rings (SSSR count). The third kappa shape index (κ3) is 2.85. The first kappa shape index (κ1) is 14.6. The molecule has 5 nitrogen and oxygen atoms in total. The number of rotatable bonds is 4. The van der Waals surface area contributed by atoms with Crippen LogP contribution in [-0.2, 0) is 0 Å². The number of hydrogen-bond acceptors (Lipinski definition) is 4. The summed E-state index contributed by atoms with van der Waals surface area (Å²) in [6.45, 7) is 6.35. The van der Waals surface area contributed by atoms with Crippen molar-refractivity contribution in [3.05, 3.63) is 22.8 Å². The van der Waals surface area contributed by atoms with Crippen LogP contribution in [-0.4, -0.2) is 29.1 Å². The number of halogens is 1. The van der Waals surface area contributed by atoms with Gasteiger partial charge in [-0.3, -0.25) is 0 Å². The molecule has 6 heteroatoms. The predicted molar refractivity (Wildman–Crippen MR) is 74.5 cm³/mol. The summed E-state index contributed by atoms with van der Waals surface area (Å²) in [6, 6.07) is 1.90. The zero-order chi connectivity index (χ0) is 13.9. The van der Waals surface area contributed by atoms with Crippen molar-refractivity contribution in [3.8, 4) is 0 Å². The monoisotopic (exact) mass is 270 g/mol. The van der Waals surface area contributed by atoms with Crippen molar-refractivity contribution in [2.75, 3.05) is 11.9 Å². The third-order valence-electron chi connectivity index (χ3n) is 3.16. The van der Waals surface area contributed by atoms with Crippen LogP contribution in [0.4, 0.5) is 5.82 Å². The van der Waals surface area contributed by atoms with Crippen LogP contribution >= 0.6 is 11.6 Å². The fourth-order valence-electron chi connectivity index (χ4n) is 1.57. The molecule has 0 aromatic carbocycles. The highest BCUT2D eigenvalue weighted by Crippen LogP contribution is 2.28. The number of pyridine rings is 1. The third-order valence-corrected chi connectivity index (χ3v) is 3.54. The lowest BCUT2D eigenvalue weighted by molar-refractivity contribution is 0.318. The maximum absolute atomic E-state index is 8.71. The van der Waals surface area contributed by atoms with Crippen LogP contribution in [0.25, 0.3) is 0 Å². The fourth-order valence-corrected chi connectivity index (χ4v) is 1.91. The number of nitrogens with two attached hydrogens (primary N) is 1. The molecule has 0 fully saturated rings. The van der Waals surface area contributed by atoms with E-state index in [4.69, 9.17) is 22.5 Å². The Bertz CT molecular complexity index is 448. The lowest BCUT2D eigenvalue weighted by atomic mass is 10.1. The van der Waals surface area contributed by atoms with E-state index in [1.54, 1.807) is 12.3 Å². The molecule has 0 aliphatic carbocycles. The summed E-state index contributed by atoms with van der Waals surface area (Å²) in [7, 11) is 1.93. The number of nitrogens with zero attached hydrogens (tertiary/aromatic N) is 3. The van der Waals surface area contributed by atoms with E-state index in [0.29, 0.717) is 22.3 Å². The molecular formula is C12H19ClN4O. The quantitative estimate of drug-likeness (QED) is 0.381. The van der Waals surface area contributed by atoms with Gasteiger partial charge in [0.2, 0.25) is 0 Å². The summed E-state index contributed by atoms with van der Waals surface area (Å²) in [5, 5.41) is 12.1. The maximum Gasteiger partial charge on any atom is 0.171 e. The predicted octanol–water partition coefficient (Wildman–Crippen LogP) is 2.31. The molecule has 18 heavy (non-hydrogen) atoms. The van der Waals surface area contributed by atoms with Crippen LogP contribution < -0.4 is 10.6 Å². The normalized spacial score (nSPS) is 13.8. The Morgan fingerprint density at radius 3 is 2.61 bits per heavy atom. The van der Waals surface area contributed by atoms with Crippen LogP contribution in [0, 0.1) is 5.92 Å². The fraction of sp³-hybridized carbons (Fsp3) is 0.500. The molecule has 1 heterocycles. The number of hydrogen-bond donors (Lipinski definition) is 2. The first-order valence-corrected chi connectivity index (χ1v) is 6.13. The molecular weight excluding hydrogens is 252 g/mol. The number of aromatic nitrogens is 1. The van der Waals surface area contributed by atoms with Gasteiger partial charge in [0.05, 0.1) is 5.02 Å². The Kier molecular flexibility index (Phi) is 4.78. The van der Waals surface area contributed by atoms with Crippen molar-refractivity contribution in [1.29, 1.82) is 0 Å². The molecule has 1 aromatic heterocycles. The molecule has 1 aromatic rings. The first-order valence-electron chi connectivity index (χ1n) is 5.75. The molecule has 100 valence electrons. The van der Waals surface area contributed by atoms with E-state index in [0.717, 1.165) is 0 Å². The van der Waals surface area contributed by atoms with Crippen molar-refractivity contribution in [2.45, 2.75) is 26.8 Å². The Morgan fingerprint density at radius 2 is 2.11 bits per heavy atom. The minimum Gasteiger partial charge on any atom is -0.409 e. The van der Waals surface area contributed by atoms with E-state index in [-0.39, 0.29) is 11.9 Å². The van der Waals surface area contributed by atoms with Gasteiger partial charge < -0.3 is 15.8 Å². The van der Waals surface area contributed by atoms with Crippen LogP contribution in [0.15, 0.2) is 17.4 Å². The lowest BCUT2D eigenvalue weighted by Gasteiger charge is -2.29. The summed E-state index contributed by atoms with van der Waals surface area (Å²) in [5.74, 6) is 1.07. The second-order valence-corrected chi connectivity index (χ2v) is 4.95. The topological polar surface area (TPSA) is 74.7 Å². The summed E-state index contributed by atoms with van der Waals surface area (Å²) in [4.78, 5) is 6.25. The number of oxime groups is 1. The average Bonchev–Trinajstić information content (AvgIpc) is 2.36. The van der Waals surface area contributed by atoms with Crippen LogP contribution in [0.1, 0.15) is 26.3 Å². The van der Waals surface area contributed by atoms with Crippen molar-refractivity contribution in [3.63, 3.8) is 0 Å². The van der Waals surface area contributed by atoms with E-state index in [2.05, 4.69) is 30.9 Å². The molecule has 0 radical (unpaired) electrons. The van der Waals surface area contributed by atoms with Crippen LogP contribution in [0.2, 0.25) is 5.02 Å². The van der Waals surface area contributed by atoms with Gasteiger partial charge in [0.25, 0.3) is 0 Å². The van der Waals surface area contributed by atoms with E-state index in [1.165, 1.54) is 0 Å². The maximum atomic E-state index is 8.71. The van der Waals surface area contributed by atoms with Crippen LogP contribution in [0.3, 0.4) is 0 Å². The van der Waals surface area contributed by atoms with Gasteiger partial charge >= 0.3 is 0 Å². The van der Waals surface area contributed by atoms with E-state index < -0.39 is 0 Å². The SMILES string of the molecule is CC(C)C(C)N(C)c1nccc(/C(N)=N/O)c1Cl. The Morgan fingerprint density at radius 1 is 1.50 bits per heavy atom. The standard InChI is InChI=1S/C12H19ClN4O/c1-7(2)8(3)17(4)12-10(13)9(5-6-15-12)11(14)16-18/h5-8,18H,1-4H3,(H2,14,16). The second kappa shape index (κ2) is 5.91. The molecule has 0 spiro atoms. The molecule has 0 saturated heterocycles. The van der Waals surface area contributed by atoms with Gasteiger partial charge in [0, 0.05) is 24.8 Å². The molecule has 1 unspecified atom stereocenters. The Hall–Kier alpha value is -1.49. The van der Waals surface area contributed by atoms with Crippen molar-refractivity contribution in [1.82, 2.24) is 4.98 Å². The minimum atomic E-state index is -0.0192. The van der Waals surface area contributed by atoms with Gasteiger partial charge in [-0.2, -0.15) is 0 Å². The molecule has 0 aliphatic heterocycles. The summed E-state index contributed by atoms with van der Waals surface area (Å²) in [5.41, 5.74) is 6.05. The molecule has 0 bridgehead atoms. The van der Waals surface area contributed by atoms with Gasteiger partial charge in [-0.15, -0.1) is 0 Å². The van der Waals surface area contributed by atoms with E-state index in [9.17, 15) is 0 Å². The van der Waals surface area contributed by atoms with E-state index in [1.807, 2.05) is 11.9 Å². The van der Waals surface area contributed by atoms with Crippen molar-refractivity contribution >= 4 is 23.3 Å². The first-order chi connectivity index (χ1) is 8.40. The zero-order valence-corrected chi connectivity index (χ0v) is 11.8. The molecule has 1 atom stereocenters. The highest BCUT2D eigenvalue weighted by atomic mass is 35.5. The van der Waals surface area contributed by atoms with Gasteiger partial charge in [0.15, 0.2) is 5.84 Å². The van der Waals surface area contributed by atoms with Crippen molar-refractivity contribution < 1.29 is 5.21 Å². The van der Waals surface area contributed by atoms with Gasteiger partial charge in [-0.05, 0) is 18.9 Å². The largest absolute Gasteiger partial charge is 0.409 e. The number of amidine groups is 1. The minimum absolute atomic E-state index is 0.0192.